The van der Waals surface area contributed by atoms with Crippen LogP contribution < -0.4 is 0 Å². The van der Waals surface area contributed by atoms with Crippen molar-refractivity contribution < 1.29 is 11.3 Å². The highest BCUT2D eigenvalue weighted by Crippen LogP contribution is 2.47. The minimum atomic E-state index is -0.398. The van der Waals surface area contributed by atoms with Gasteiger partial charge in [0.25, 0.3) is 0 Å². The molecule has 0 fully saturated rings. The maximum absolute atomic E-state index is 8.80. The van der Waals surface area contributed by atoms with Crippen molar-refractivity contribution >= 4 is 54.3 Å². The first-order valence-electron chi connectivity index (χ1n) is 14.8. The second kappa shape index (κ2) is 7.81. The second-order valence-electron chi connectivity index (χ2n) is 9.32. The van der Waals surface area contributed by atoms with E-state index >= 15 is 0 Å². The van der Waals surface area contributed by atoms with Crippen LogP contribution in [0.2, 0.25) is 0 Å². The van der Waals surface area contributed by atoms with Crippen LogP contribution in [0.1, 0.15) is 6.85 Å². The van der Waals surface area contributed by atoms with Crippen LogP contribution in [0, 0.1) is 0 Å². The number of hydrogen-bond acceptors (Lipinski definition) is 1. The van der Waals surface area contributed by atoms with E-state index in [4.69, 9.17) is 11.3 Å². The lowest BCUT2D eigenvalue weighted by Crippen LogP contribution is -1.91. The zero-order valence-electron chi connectivity index (χ0n) is 24.7. The summed E-state index contributed by atoms with van der Waals surface area (Å²) in [6, 6.07) is 33.0. The van der Waals surface area contributed by atoms with Gasteiger partial charge < -0.3 is 4.42 Å². The molecular weight excluding hydrogens is 448 g/mol. The Hall–Kier alpha value is -4.88. The zero-order chi connectivity index (χ0) is 28.7. The third-order valence-corrected chi connectivity index (χ3v) is 7.31. The van der Waals surface area contributed by atoms with Crippen LogP contribution in [0.5, 0.6) is 0 Å². The van der Waals surface area contributed by atoms with Gasteiger partial charge in [0, 0.05) is 10.8 Å². The highest BCUT2D eigenvalue weighted by Gasteiger charge is 2.20. The summed E-state index contributed by atoms with van der Waals surface area (Å²) >= 11 is 0. The van der Waals surface area contributed by atoms with Gasteiger partial charge in [0.05, 0.1) is 6.85 Å². The van der Waals surface area contributed by atoms with Gasteiger partial charge in [-0.1, -0.05) is 115 Å². The Labute approximate surface area is 221 Å². The molecule has 0 amide bonds. The Morgan fingerprint density at radius 2 is 1.08 bits per heavy atom. The summed E-state index contributed by atoms with van der Waals surface area (Å²) in [4.78, 5) is 0. The van der Waals surface area contributed by atoms with Gasteiger partial charge in [-0.2, -0.15) is 0 Å². The molecule has 0 bridgehead atoms. The Kier molecular flexibility index (Phi) is 3.37. The highest BCUT2D eigenvalue weighted by molar-refractivity contribution is 6.26. The number of rotatable bonds is 2. The SMILES string of the molecule is [2H]c1c([2H])c([2H])c(-c2c3ccccc3c(-c3cccc4oc5cc6ccccc6cc5c34)c3ccccc23)c([2H])c1[2H]. The molecule has 0 radical (unpaired) electrons. The fourth-order valence-corrected chi connectivity index (χ4v) is 5.78. The largest absolute Gasteiger partial charge is 0.456 e. The summed E-state index contributed by atoms with van der Waals surface area (Å²) in [7, 11) is 0. The van der Waals surface area contributed by atoms with E-state index in [0.29, 0.717) is 5.56 Å². The molecular formula is C36H22O. The summed E-state index contributed by atoms with van der Waals surface area (Å²) in [5.74, 6) is 0. The van der Waals surface area contributed by atoms with Gasteiger partial charge in [-0.25, -0.2) is 0 Å². The molecule has 7 aromatic carbocycles. The first-order chi connectivity index (χ1) is 20.4. The predicted octanol–water partition coefficient (Wildman–Crippen LogP) is 10.4. The van der Waals surface area contributed by atoms with Crippen LogP contribution in [0.25, 0.3) is 76.5 Å². The van der Waals surface area contributed by atoms with E-state index in [2.05, 4.69) is 30.3 Å². The molecule has 1 heterocycles. The Morgan fingerprint density at radius 3 is 1.76 bits per heavy atom. The third kappa shape index (κ3) is 2.98. The molecule has 1 aromatic heterocycles. The van der Waals surface area contributed by atoms with Crippen molar-refractivity contribution in [2.24, 2.45) is 0 Å². The van der Waals surface area contributed by atoms with Crippen molar-refractivity contribution in [3.63, 3.8) is 0 Å². The van der Waals surface area contributed by atoms with Gasteiger partial charge in [0.2, 0.25) is 0 Å². The predicted molar refractivity (Wildman–Crippen MR) is 157 cm³/mol. The van der Waals surface area contributed by atoms with Gasteiger partial charge in [-0.3, -0.25) is 0 Å². The fourth-order valence-electron chi connectivity index (χ4n) is 5.78. The van der Waals surface area contributed by atoms with Gasteiger partial charge in [-0.05, 0) is 72.8 Å². The lowest BCUT2D eigenvalue weighted by Gasteiger charge is -2.18. The molecule has 0 aliphatic rings. The fraction of sp³-hybridized carbons (Fsp3) is 0. The summed E-state index contributed by atoms with van der Waals surface area (Å²) in [6.45, 7) is 0. The molecule has 172 valence electrons. The number of benzene rings is 7. The maximum atomic E-state index is 8.80. The molecule has 0 saturated heterocycles. The average molecular weight is 476 g/mol. The van der Waals surface area contributed by atoms with E-state index in [9.17, 15) is 0 Å². The van der Waals surface area contributed by atoms with Crippen molar-refractivity contribution in [2.45, 2.75) is 0 Å². The van der Waals surface area contributed by atoms with Gasteiger partial charge in [0.15, 0.2) is 0 Å². The normalized spacial score (nSPS) is 13.7. The van der Waals surface area contributed by atoms with Crippen LogP contribution in [0.3, 0.4) is 0 Å². The van der Waals surface area contributed by atoms with Gasteiger partial charge in [0.1, 0.15) is 11.2 Å². The van der Waals surface area contributed by atoms with Crippen LogP contribution in [0.4, 0.5) is 0 Å². The minimum absolute atomic E-state index is 0.207. The standard InChI is InChI=1S/C36H22O/c1-2-11-23(12-3-1)34-26-15-6-8-17-28(26)35(29-18-9-7-16-27(29)34)30-19-10-20-32-36(30)31-21-24-13-4-5-14-25(24)22-33(31)37-32/h1-22H/i1D,2D,3D,11D,12D. The lowest BCUT2D eigenvalue weighted by atomic mass is 9.85. The summed E-state index contributed by atoms with van der Waals surface area (Å²) in [6.07, 6.45) is 0. The Balaban J connectivity index is 1.56. The molecule has 0 aliphatic carbocycles. The van der Waals surface area contributed by atoms with Gasteiger partial charge in [-0.15, -0.1) is 0 Å². The van der Waals surface area contributed by atoms with Crippen LogP contribution in [-0.4, -0.2) is 0 Å². The van der Waals surface area contributed by atoms with E-state index in [0.717, 1.165) is 65.4 Å². The summed E-state index contributed by atoms with van der Waals surface area (Å²) < 4.78 is 48.9. The summed E-state index contributed by atoms with van der Waals surface area (Å²) in [5.41, 5.74) is 4.48. The lowest BCUT2D eigenvalue weighted by molar-refractivity contribution is 0.669. The minimum Gasteiger partial charge on any atom is -0.456 e. The zero-order valence-corrected chi connectivity index (χ0v) is 19.7. The topological polar surface area (TPSA) is 13.1 Å². The van der Waals surface area contributed by atoms with E-state index < -0.39 is 6.04 Å². The van der Waals surface area contributed by atoms with E-state index in [1.165, 1.54) is 0 Å². The first-order valence-corrected chi connectivity index (χ1v) is 12.3. The van der Waals surface area contributed by atoms with E-state index in [1.54, 1.807) is 0 Å². The first kappa shape index (κ1) is 16.0. The highest BCUT2D eigenvalue weighted by atomic mass is 16.3. The molecule has 0 saturated carbocycles. The van der Waals surface area contributed by atoms with Crippen molar-refractivity contribution in [2.75, 3.05) is 0 Å². The molecule has 8 aromatic rings. The molecule has 37 heavy (non-hydrogen) atoms. The van der Waals surface area contributed by atoms with Crippen molar-refractivity contribution in [1.29, 1.82) is 0 Å². The molecule has 1 nitrogen and oxygen atoms in total. The van der Waals surface area contributed by atoms with Crippen LogP contribution in [0.15, 0.2) is 138 Å². The molecule has 0 N–H and O–H groups in total. The third-order valence-electron chi connectivity index (χ3n) is 7.31. The molecule has 1 heteroatoms. The van der Waals surface area contributed by atoms with Gasteiger partial charge >= 0.3 is 0 Å². The van der Waals surface area contributed by atoms with Crippen LogP contribution in [-0.2, 0) is 0 Å². The van der Waals surface area contributed by atoms with Crippen molar-refractivity contribution in [1.82, 2.24) is 0 Å². The van der Waals surface area contributed by atoms with E-state index in [1.807, 2.05) is 72.8 Å². The Morgan fingerprint density at radius 1 is 0.486 bits per heavy atom. The van der Waals surface area contributed by atoms with Crippen molar-refractivity contribution in [3.05, 3.63) is 133 Å². The molecule has 0 unspecified atom stereocenters. The molecule has 0 atom stereocenters. The number of fused-ring (bicyclic) bond motifs is 6. The van der Waals surface area contributed by atoms with Crippen molar-refractivity contribution in [3.8, 4) is 22.3 Å². The maximum Gasteiger partial charge on any atom is 0.136 e. The molecule has 0 spiro atoms. The average Bonchev–Trinajstić information content (AvgIpc) is 3.39. The quantitative estimate of drug-likeness (QED) is 0.227. The van der Waals surface area contributed by atoms with Crippen LogP contribution >= 0.6 is 0 Å². The summed E-state index contributed by atoms with van der Waals surface area (Å²) in [5, 5.41) is 7.80. The molecule has 8 rings (SSSR count). The van der Waals surface area contributed by atoms with E-state index in [-0.39, 0.29) is 29.7 Å². The monoisotopic (exact) mass is 475 g/mol. The number of hydrogen-bond donors (Lipinski definition) is 0. The molecule has 0 aliphatic heterocycles. The Bertz CT molecular complexity index is 2340. The number of furan rings is 1. The second-order valence-corrected chi connectivity index (χ2v) is 9.32. The smallest absolute Gasteiger partial charge is 0.136 e.